The summed E-state index contributed by atoms with van der Waals surface area (Å²) >= 11 is 0. The molecular weight excluding hydrogens is 238 g/mol. The van der Waals surface area contributed by atoms with Gasteiger partial charge in [0.1, 0.15) is 0 Å². The lowest BCUT2D eigenvalue weighted by Gasteiger charge is -2.09. The van der Waals surface area contributed by atoms with Gasteiger partial charge in [0.2, 0.25) is 11.8 Å². The molecule has 1 heterocycles. The molecule has 96 valence electrons. The minimum absolute atomic E-state index is 0.178. The van der Waals surface area contributed by atoms with Crippen molar-refractivity contribution in [2.24, 2.45) is 0 Å². The van der Waals surface area contributed by atoms with Gasteiger partial charge < -0.3 is 10.1 Å². The summed E-state index contributed by atoms with van der Waals surface area (Å²) in [6.07, 6.45) is 4.20. The fourth-order valence-corrected chi connectivity index (χ4v) is 1.66. The maximum atomic E-state index is 11.2. The Labute approximate surface area is 104 Å². The molecule has 6 heteroatoms. The van der Waals surface area contributed by atoms with E-state index in [4.69, 9.17) is 4.74 Å². The van der Waals surface area contributed by atoms with Crippen LogP contribution in [0.25, 0.3) is 0 Å². The van der Waals surface area contributed by atoms with Crippen molar-refractivity contribution in [2.75, 3.05) is 24.7 Å². The predicted molar refractivity (Wildman–Crippen MR) is 69.8 cm³/mol. The highest BCUT2D eigenvalue weighted by Crippen LogP contribution is 2.08. The number of nitrogens with zero attached hydrogens (tertiary/aromatic N) is 2. The van der Waals surface area contributed by atoms with Crippen LogP contribution in [0.15, 0.2) is 12.3 Å². The molecule has 1 aromatic rings. The number of nitrogens with one attached hydrogen (secondary N) is 1. The quantitative estimate of drug-likeness (QED) is 0.801. The van der Waals surface area contributed by atoms with Crippen molar-refractivity contribution in [3.05, 3.63) is 12.3 Å². The van der Waals surface area contributed by atoms with Gasteiger partial charge in [0.15, 0.2) is 0 Å². The minimum atomic E-state index is -0.781. The van der Waals surface area contributed by atoms with Crippen LogP contribution in [0.1, 0.15) is 20.3 Å². The second-order valence-electron chi connectivity index (χ2n) is 3.68. The van der Waals surface area contributed by atoms with Crippen LogP contribution in [-0.4, -0.2) is 38.8 Å². The first-order valence-electron chi connectivity index (χ1n) is 5.65. The summed E-state index contributed by atoms with van der Waals surface area (Å²) in [6.45, 7) is 5.17. The predicted octanol–water partition coefficient (Wildman–Crippen LogP) is 1.44. The SMILES string of the molecule is CCOc1ccnc(NCCC(C)S(C)=O)n1. The average Bonchev–Trinajstić information content (AvgIpc) is 2.29. The Bertz CT molecular complexity index is 373. The molecule has 2 atom stereocenters. The summed E-state index contributed by atoms with van der Waals surface area (Å²) < 4.78 is 16.4. The minimum Gasteiger partial charge on any atom is -0.478 e. The van der Waals surface area contributed by atoms with E-state index in [2.05, 4.69) is 15.3 Å². The van der Waals surface area contributed by atoms with E-state index in [1.807, 2.05) is 13.8 Å². The summed E-state index contributed by atoms with van der Waals surface area (Å²) in [5.74, 6) is 1.11. The monoisotopic (exact) mass is 257 g/mol. The van der Waals surface area contributed by atoms with Crippen molar-refractivity contribution >= 4 is 16.7 Å². The third-order valence-corrected chi connectivity index (χ3v) is 3.69. The Kier molecular flexibility index (Phi) is 5.90. The van der Waals surface area contributed by atoms with Gasteiger partial charge in [0, 0.05) is 41.1 Å². The van der Waals surface area contributed by atoms with E-state index in [1.165, 1.54) is 0 Å². The second-order valence-corrected chi connectivity index (χ2v) is 5.48. The van der Waals surface area contributed by atoms with Crippen LogP contribution in [0, 0.1) is 0 Å². The Morgan fingerprint density at radius 3 is 3.00 bits per heavy atom. The van der Waals surface area contributed by atoms with E-state index in [0.29, 0.717) is 25.0 Å². The van der Waals surface area contributed by atoms with Crippen LogP contribution >= 0.6 is 0 Å². The van der Waals surface area contributed by atoms with Crippen LogP contribution in [0.4, 0.5) is 5.95 Å². The van der Waals surface area contributed by atoms with Gasteiger partial charge in [-0.15, -0.1) is 0 Å². The summed E-state index contributed by atoms with van der Waals surface area (Å²) in [4.78, 5) is 8.27. The molecule has 0 aliphatic heterocycles. The molecule has 17 heavy (non-hydrogen) atoms. The first kappa shape index (κ1) is 13.9. The Morgan fingerprint density at radius 1 is 1.59 bits per heavy atom. The highest BCUT2D eigenvalue weighted by atomic mass is 32.2. The van der Waals surface area contributed by atoms with Gasteiger partial charge in [-0.1, -0.05) is 6.92 Å². The van der Waals surface area contributed by atoms with E-state index in [1.54, 1.807) is 18.5 Å². The molecule has 5 nitrogen and oxygen atoms in total. The number of ether oxygens (including phenoxy) is 1. The van der Waals surface area contributed by atoms with Crippen LogP contribution in [0.3, 0.4) is 0 Å². The zero-order valence-corrected chi connectivity index (χ0v) is 11.3. The van der Waals surface area contributed by atoms with E-state index < -0.39 is 10.8 Å². The Morgan fingerprint density at radius 2 is 2.35 bits per heavy atom. The van der Waals surface area contributed by atoms with Gasteiger partial charge >= 0.3 is 0 Å². The molecule has 0 saturated heterocycles. The molecule has 0 aliphatic rings. The Balaban J connectivity index is 2.41. The molecule has 0 saturated carbocycles. The zero-order valence-electron chi connectivity index (χ0n) is 10.5. The molecule has 0 fully saturated rings. The smallest absolute Gasteiger partial charge is 0.225 e. The van der Waals surface area contributed by atoms with Gasteiger partial charge in [0.25, 0.3) is 0 Å². The van der Waals surface area contributed by atoms with Crippen molar-refractivity contribution in [3.63, 3.8) is 0 Å². The van der Waals surface area contributed by atoms with Crippen molar-refractivity contribution in [2.45, 2.75) is 25.5 Å². The lowest BCUT2D eigenvalue weighted by molar-refractivity contribution is 0.326. The topological polar surface area (TPSA) is 64.1 Å². The van der Waals surface area contributed by atoms with Gasteiger partial charge in [0.05, 0.1) is 6.61 Å². The number of hydrogen-bond acceptors (Lipinski definition) is 5. The van der Waals surface area contributed by atoms with E-state index >= 15 is 0 Å². The van der Waals surface area contributed by atoms with Crippen molar-refractivity contribution < 1.29 is 8.95 Å². The molecule has 0 radical (unpaired) electrons. The molecule has 0 aromatic carbocycles. The largest absolute Gasteiger partial charge is 0.478 e. The first-order valence-corrected chi connectivity index (χ1v) is 7.27. The standard InChI is InChI=1S/C11H19N3O2S/c1-4-16-10-6-8-13-11(14-10)12-7-5-9(2)17(3)15/h6,8-9H,4-5,7H2,1-3H3,(H,12,13,14). The summed E-state index contributed by atoms with van der Waals surface area (Å²) in [7, 11) is -0.781. The number of aromatic nitrogens is 2. The number of hydrogen-bond donors (Lipinski definition) is 1. The van der Waals surface area contributed by atoms with Crippen LogP contribution < -0.4 is 10.1 Å². The molecule has 1 aromatic heterocycles. The van der Waals surface area contributed by atoms with Gasteiger partial charge in [-0.25, -0.2) is 4.98 Å². The number of anilines is 1. The molecule has 0 bridgehead atoms. The van der Waals surface area contributed by atoms with E-state index in [0.717, 1.165) is 6.42 Å². The van der Waals surface area contributed by atoms with Crippen LogP contribution in [-0.2, 0) is 10.8 Å². The second kappa shape index (κ2) is 7.21. The molecule has 2 unspecified atom stereocenters. The van der Waals surface area contributed by atoms with Crippen LogP contribution in [0.5, 0.6) is 5.88 Å². The molecule has 1 rings (SSSR count). The fraction of sp³-hybridized carbons (Fsp3) is 0.636. The molecule has 1 N–H and O–H groups in total. The lowest BCUT2D eigenvalue weighted by atomic mass is 10.3. The average molecular weight is 257 g/mol. The normalized spacial score (nSPS) is 14.1. The van der Waals surface area contributed by atoms with Crippen molar-refractivity contribution in [1.82, 2.24) is 9.97 Å². The van der Waals surface area contributed by atoms with Crippen molar-refractivity contribution in [1.29, 1.82) is 0 Å². The highest BCUT2D eigenvalue weighted by molar-refractivity contribution is 7.84. The van der Waals surface area contributed by atoms with E-state index in [9.17, 15) is 4.21 Å². The third kappa shape index (κ3) is 5.12. The fourth-order valence-electron chi connectivity index (χ4n) is 1.21. The highest BCUT2D eigenvalue weighted by Gasteiger charge is 2.06. The lowest BCUT2D eigenvalue weighted by Crippen LogP contribution is -2.15. The number of rotatable bonds is 7. The van der Waals surface area contributed by atoms with Crippen LogP contribution in [0.2, 0.25) is 0 Å². The third-order valence-electron chi connectivity index (χ3n) is 2.32. The Hall–Kier alpha value is -1.17. The van der Waals surface area contributed by atoms with Crippen molar-refractivity contribution in [3.8, 4) is 5.88 Å². The summed E-state index contributed by atoms with van der Waals surface area (Å²) in [5.41, 5.74) is 0. The van der Waals surface area contributed by atoms with E-state index in [-0.39, 0.29) is 5.25 Å². The van der Waals surface area contributed by atoms with Gasteiger partial charge in [-0.3, -0.25) is 4.21 Å². The molecule has 0 aliphatic carbocycles. The molecular formula is C11H19N3O2S. The summed E-state index contributed by atoms with van der Waals surface area (Å²) in [6, 6.07) is 1.72. The molecule has 0 spiro atoms. The summed E-state index contributed by atoms with van der Waals surface area (Å²) in [5, 5.41) is 3.27. The first-order chi connectivity index (χ1) is 8.13. The van der Waals surface area contributed by atoms with Gasteiger partial charge in [-0.2, -0.15) is 4.98 Å². The maximum Gasteiger partial charge on any atom is 0.225 e. The maximum absolute atomic E-state index is 11.2. The molecule has 0 amide bonds. The van der Waals surface area contributed by atoms with Gasteiger partial charge in [-0.05, 0) is 13.3 Å². The zero-order chi connectivity index (χ0) is 12.7.